The molecule has 2 rings (SSSR count). The van der Waals surface area contributed by atoms with Crippen LogP contribution in [0.1, 0.15) is 31.9 Å². The number of carbonyl (C=O) groups is 1. The van der Waals surface area contributed by atoms with E-state index < -0.39 is 0 Å². The summed E-state index contributed by atoms with van der Waals surface area (Å²) in [7, 11) is 1.45. The van der Waals surface area contributed by atoms with Crippen LogP contribution in [-0.2, 0) is 16.0 Å². The summed E-state index contributed by atoms with van der Waals surface area (Å²) in [6.45, 7) is 2.08. The summed E-state index contributed by atoms with van der Waals surface area (Å²) < 4.78 is 4.74. The topological polar surface area (TPSA) is 52.1 Å². The fourth-order valence-electron chi connectivity index (χ4n) is 1.80. The molecule has 18 heavy (non-hydrogen) atoms. The number of ether oxygens (including phenoxy) is 1. The van der Waals surface area contributed by atoms with E-state index in [4.69, 9.17) is 4.74 Å². The first-order valence-corrected chi connectivity index (χ1v) is 7.16. The molecule has 1 aliphatic rings. The van der Waals surface area contributed by atoms with Crippen molar-refractivity contribution in [2.75, 3.05) is 12.9 Å². The molecule has 0 aliphatic heterocycles. The average molecular weight is 266 g/mol. The minimum Gasteiger partial charge on any atom is -0.469 e. The summed E-state index contributed by atoms with van der Waals surface area (Å²) >= 11 is 1.71. The molecular formula is C13H18N2O2S. The van der Waals surface area contributed by atoms with Gasteiger partial charge in [0, 0.05) is 11.4 Å². The van der Waals surface area contributed by atoms with Crippen molar-refractivity contribution in [1.82, 2.24) is 9.97 Å². The molecule has 5 heteroatoms. The highest BCUT2D eigenvalue weighted by Gasteiger charge is 2.44. The minimum absolute atomic E-state index is 0.106. The lowest BCUT2D eigenvalue weighted by Crippen LogP contribution is -2.13. The molecule has 0 atom stereocenters. The Morgan fingerprint density at radius 2 is 2.28 bits per heavy atom. The normalized spacial score (nSPS) is 16.3. The quantitative estimate of drug-likeness (QED) is 0.450. The molecule has 98 valence electrons. The van der Waals surface area contributed by atoms with Crippen LogP contribution in [-0.4, -0.2) is 28.8 Å². The van der Waals surface area contributed by atoms with Crippen molar-refractivity contribution in [2.45, 2.75) is 37.6 Å². The Labute approximate surface area is 112 Å². The Bertz CT molecular complexity index is 433. The van der Waals surface area contributed by atoms with Gasteiger partial charge in [-0.2, -0.15) is 0 Å². The summed E-state index contributed by atoms with van der Waals surface area (Å²) in [5.41, 5.74) is 1.21. The van der Waals surface area contributed by atoms with Crippen LogP contribution < -0.4 is 0 Å². The molecule has 0 aromatic carbocycles. The lowest BCUT2D eigenvalue weighted by molar-refractivity contribution is -0.141. The van der Waals surface area contributed by atoms with Crippen molar-refractivity contribution >= 4 is 17.7 Å². The highest BCUT2D eigenvalue weighted by Crippen LogP contribution is 2.51. The predicted octanol–water partition coefficient (Wildman–Crippen LogP) is 2.47. The van der Waals surface area contributed by atoms with Crippen molar-refractivity contribution in [3.8, 4) is 0 Å². The number of hydrogen-bond donors (Lipinski definition) is 0. The summed E-state index contributed by atoms with van der Waals surface area (Å²) in [4.78, 5) is 19.8. The van der Waals surface area contributed by atoms with Crippen LogP contribution in [0.5, 0.6) is 0 Å². The summed E-state index contributed by atoms with van der Waals surface area (Å²) in [5, 5.41) is 0.998. The Morgan fingerprint density at radius 3 is 2.89 bits per heavy atom. The average Bonchev–Trinajstić information content (AvgIpc) is 3.17. The fraction of sp³-hybridized carbons (Fsp3) is 0.615. The third-order valence-electron chi connectivity index (χ3n) is 3.29. The van der Waals surface area contributed by atoms with Gasteiger partial charge in [0.15, 0.2) is 0 Å². The fourth-order valence-corrected chi connectivity index (χ4v) is 2.99. The van der Waals surface area contributed by atoms with Crippen LogP contribution in [0.25, 0.3) is 0 Å². The molecule has 1 saturated carbocycles. The van der Waals surface area contributed by atoms with E-state index in [0.717, 1.165) is 35.7 Å². The van der Waals surface area contributed by atoms with Gasteiger partial charge in [-0.25, -0.2) is 9.97 Å². The Hall–Kier alpha value is -1.10. The van der Waals surface area contributed by atoms with E-state index in [1.165, 1.54) is 7.11 Å². The summed E-state index contributed by atoms with van der Waals surface area (Å²) in [6.07, 6.45) is 5.29. The molecule has 4 nitrogen and oxygen atoms in total. The second-order valence-corrected chi connectivity index (χ2v) is 5.74. The van der Waals surface area contributed by atoms with Crippen LogP contribution in [0, 0.1) is 5.41 Å². The largest absolute Gasteiger partial charge is 0.469 e. The molecule has 1 heterocycles. The highest BCUT2D eigenvalue weighted by atomic mass is 32.2. The summed E-state index contributed by atoms with van der Waals surface area (Å²) in [6, 6.07) is 2.03. The zero-order valence-corrected chi connectivity index (χ0v) is 11.6. The van der Waals surface area contributed by atoms with Gasteiger partial charge >= 0.3 is 5.97 Å². The van der Waals surface area contributed by atoms with Crippen LogP contribution in [0.3, 0.4) is 0 Å². The molecule has 0 spiro atoms. The second-order valence-electron chi connectivity index (χ2n) is 4.74. The number of methoxy groups -OCH3 is 1. The molecule has 0 N–H and O–H groups in total. The lowest BCUT2D eigenvalue weighted by atomic mass is 10.1. The second kappa shape index (κ2) is 5.69. The third kappa shape index (κ3) is 3.45. The Kier molecular flexibility index (Phi) is 4.22. The van der Waals surface area contributed by atoms with E-state index >= 15 is 0 Å². The van der Waals surface area contributed by atoms with Gasteiger partial charge in [-0.05, 0) is 30.7 Å². The molecular weight excluding hydrogens is 248 g/mol. The predicted molar refractivity (Wildman–Crippen MR) is 70.4 cm³/mol. The Balaban J connectivity index is 1.89. The van der Waals surface area contributed by atoms with Gasteiger partial charge < -0.3 is 4.74 Å². The molecule has 0 unspecified atom stereocenters. The van der Waals surface area contributed by atoms with Gasteiger partial charge in [0.05, 0.1) is 18.6 Å². The van der Waals surface area contributed by atoms with Crippen molar-refractivity contribution in [1.29, 1.82) is 0 Å². The lowest BCUT2D eigenvalue weighted by Gasteiger charge is -2.12. The third-order valence-corrected chi connectivity index (χ3v) is 4.57. The number of hydrogen-bond acceptors (Lipinski definition) is 5. The maximum atomic E-state index is 11.3. The number of aromatic nitrogens is 2. The van der Waals surface area contributed by atoms with Gasteiger partial charge in [-0.15, -0.1) is 11.8 Å². The van der Waals surface area contributed by atoms with Gasteiger partial charge in [0.25, 0.3) is 0 Å². The van der Waals surface area contributed by atoms with Gasteiger partial charge in [0.1, 0.15) is 6.33 Å². The first kappa shape index (κ1) is 13.3. The standard InChI is InChI=1S/C13H18N2O2S/c1-3-10-6-11(15-9-14-10)18-8-13(4-5-13)7-12(16)17-2/h6,9H,3-5,7-8H2,1-2H3. The maximum absolute atomic E-state index is 11.3. The van der Waals surface area contributed by atoms with E-state index in [0.29, 0.717) is 6.42 Å². The number of carbonyl (C=O) groups excluding carboxylic acids is 1. The molecule has 0 amide bonds. The van der Waals surface area contributed by atoms with Gasteiger partial charge in [0.2, 0.25) is 0 Å². The van der Waals surface area contributed by atoms with E-state index in [1.807, 2.05) is 6.07 Å². The number of thioether (sulfide) groups is 1. The van der Waals surface area contributed by atoms with Gasteiger partial charge in [-0.1, -0.05) is 6.92 Å². The van der Waals surface area contributed by atoms with Crippen LogP contribution in [0.4, 0.5) is 0 Å². The van der Waals surface area contributed by atoms with Crippen molar-refractivity contribution < 1.29 is 9.53 Å². The van der Waals surface area contributed by atoms with Crippen molar-refractivity contribution in [3.05, 3.63) is 18.1 Å². The molecule has 0 radical (unpaired) electrons. The van der Waals surface area contributed by atoms with E-state index in [9.17, 15) is 4.79 Å². The smallest absolute Gasteiger partial charge is 0.306 e. The van der Waals surface area contributed by atoms with E-state index in [2.05, 4.69) is 16.9 Å². The molecule has 1 fully saturated rings. The number of esters is 1. The SMILES string of the molecule is CCc1cc(SCC2(CC(=O)OC)CC2)ncn1. The maximum Gasteiger partial charge on any atom is 0.306 e. The zero-order chi connectivity index (χ0) is 13.0. The summed E-state index contributed by atoms with van der Waals surface area (Å²) in [5.74, 6) is 0.826. The zero-order valence-electron chi connectivity index (χ0n) is 10.8. The van der Waals surface area contributed by atoms with E-state index in [1.54, 1.807) is 18.1 Å². The van der Waals surface area contributed by atoms with Gasteiger partial charge in [-0.3, -0.25) is 4.79 Å². The number of aryl methyl sites for hydroxylation is 1. The molecule has 1 aromatic rings. The monoisotopic (exact) mass is 266 g/mol. The molecule has 1 aliphatic carbocycles. The first-order valence-electron chi connectivity index (χ1n) is 6.18. The van der Waals surface area contributed by atoms with Crippen LogP contribution in [0.15, 0.2) is 17.4 Å². The highest BCUT2D eigenvalue weighted by molar-refractivity contribution is 7.99. The minimum atomic E-state index is -0.106. The Morgan fingerprint density at radius 1 is 1.50 bits per heavy atom. The van der Waals surface area contributed by atoms with E-state index in [-0.39, 0.29) is 11.4 Å². The first-order chi connectivity index (χ1) is 8.67. The molecule has 0 saturated heterocycles. The molecule has 0 bridgehead atoms. The number of rotatable bonds is 6. The van der Waals surface area contributed by atoms with Crippen molar-refractivity contribution in [2.24, 2.45) is 5.41 Å². The van der Waals surface area contributed by atoms with Crippen LogP contribution >= 0.6 is 11.8 Å². The number of nitrogens with zero attached hydrogens (tertiary/aromatic N) is 2. The van der Waals surface area contributed by atoms with Crippen LogP contribution in [0.2, 0.25) is 0 Å². The van der Waals surface area contributed by atoms with Crippen molar-refractivity contribution in [3.63, 3.8) is 0 Å². The molecule has 1 aromatic heterocycles.